The molecule has 0 bridgehead atoms. The minimum Gasteiger partial charge on any atom is -0.480 e. The second-order valence-corrected chi connectivity index (χ2v) is 5.25. The van der Waals surface area contributed by atoms with E-state index in [2.05, 4.69) is 15.6 Å². The molecule has 8 heteroatoms. The third kappa shape index (κ3) is 2.48. The number of rotatable bonds is 6. The SMILES string of the molecule is CCCNc1cnc2n(c1=O)[C@@H](C(=O)O)C[C@]2(C)NC=O. The first kappa shape index (κ1) is 15.0. The topological polar surface area (TPSA) is 113 Å². The fraction of sp³-hybridized carbons (Fsp3) is 0.538. The summed E-state index contributed by atoms with van der Waals surface area (Å²) in [4.78, 5) is 38.8. The molecule has 2 rings (SSSR count). The summed E-state index contributed by atoms with van der Waals surface area (Å²) in [5.41, 5.74) is -1.13. The first-order valence-corrected chi connectivity index (χ1v) is 6.74. The highest BCUT2D eigenvalue weighted by Crippen LogP contribution is 2.36. The number of carbonyl (C=O) groups excluding carboxylic acids is 1. The molecule has 0 fully saturated rings. The number of amides is 1. The maximum Gasteiger partial charge on any atom is 0.326 e. The van der Waals surface area contributed by atoms with Gasteiger partial charge in [0, 0.05) is 13.0 Å². The predicted octanol–water partition coefficient (Wildman–Crippen LogP) is 0.0558. The van der Waals surface area contributed by atoms with Crippen molar-refractivity contribution in [2.24, 2.45) is 0 Å². The third-order valence-corrected chi connectivity index (χ3v) is 3.63. The number of anilines is 1. The van der Waals surface area contributed by atoms with Crippen molar-refractivity contribution < 1.29 is 14.7 Å². The predicted molar refractivity (Wildman–Crippen MR) is 75.1 cm³/mol. The average Bonchev–Trinajstić information content (AvgIpc) is 2.73. The minimum atomic E-state index is -1.12. The summed E-state index contributed by atoms with van der Waals surface area (Å²) in [6, 6.07) is -1.04. The highest BCUT2D eigenvalue weighted by atomic mass is 16.4. The zero-order valence-electron chi connectivity index (χ0n) is 11.9. The summed E-state index contributed by atoms with van der Waals surface area (Å²) in [5, 5.41) is 14.8. The molecule has 0 saturated heterocycles. The number of carboxylic acids is 1. The fourth-order valence-electron chi connectivity index (χ4n) is 2.57. The summed E-state index contributed by atoms with van der Waals surface area (Å²) < 4.78 is 1.15. The smallest absolute Gasteiger partial charge is 0.326 e. The number of fused-ring (bicyclic) bond motifs is 1. The van der Waals surface area contributed by atoms with Gasteiger partial charge in [0.1, 0.15) is 17.6 Å². The van der Waals surface area contributed by atoms with Gasteiger partial charge in [-0.2, -0.15) is 0 Å². The number of hydrogen-bond donors (Lipinski definition) is 3. The molecule has 0 saturated carbocycles. The van der Waals surface area contributed by atoms with Gasteiger partial charge < -0.3 is 15.7 Å². The first-order chi connectivity index (χ1) is 9.94. The van der Waals surface area contributed by atoms with Gasteiger partial charge in [-0.15, -0.1) is 0 Å². The number of hydrogen-bond acceptors (Lipinski definition) is 5. The van der Waals surface area contributed by atoms with Crippen LogP contribution in [0.4, 0.5) is 5.69 Å². The molecule has 1 amide bonds. The number of nitrogens with one attached hydrogen (secondary N) is 2. The van der Waals surface area contributed by atoms with E-state index in [4.69, 9.17) is 0 Å². The monoisotopic (exact) mass is 294 g/mol. The lowest BCUT2D eigenvalue weighted by Crippen LogP contribution is -2.38. The van der Waals surface area contributed by atoms with Gasteiger partial charge in [-0.3, -0.25) is 14.2 Å². The molecule has 2 heterocycles. The van der Waals surface area contributed by atoms with Crippen molar-refractivity contribution in [2.45, 2.75) is 38.3 Å². The quantitative estimate of drug-likeness (QED) is 0.639. The zero-order chi connectivity index (χ0) is 15.6. The Morgan fingerprint density at radius 2 is 2.38 bits per heavy atom. The van der Waals surface area contributed by atoms with Crippen LogP contribution in [0.2, 0.25) is 0 Å². The standard InChI is InChI=1S/C13H18N4O4/c1-3-4-14-8-6-15-12-13(2,16-7-18)5-9(11(20)21)17(12)10(8)19/h6-7,9,14H,3-5H2,1-2H3,(H,16,18)(H,20,21)/t9-,13+/m1/s1. The number of aromatic nitrogens is 2. The lowest BCUT2D eigenvalue weighted by molar-refractivity contribution is -0.141. The highest BCUT2D eigenvalue weighted by Gasteiger charge is 2.45. The molecule has 1 aromatic rings. The molecule has 21 heavy (non-hydrogen) atoms. The Labute approximate surface area is 121 Å². The van der Waals surface area contributed by atoms with E-state index in [-0.39, 0.29) is 17.9 Å². The Morgan fingerprint density at radius 3 is 2.95 bits per heavy atom. The van der Waals surface area contributed by atoms with E-state index in [1.54, 1.807) is 6.92 Å². The van der Waals surface area contributed by atoms with Crippen molar-refractivity contribution in [1.29, 1.82) is 0 Å². The molecule has 3 N–H and O–H groups in total. The van der Waals surface area contributed by atoms with Crippen LogP contribution in [0.1, 0.15) is 38.6 Å². The lowest BCUT2D eigenvalue weighted by Gasteiger charge is -2.22. The van der Waals surface area contributed by atoms with Gasteiger partial charge in [-0.25, -0.2) is 9.78 Å². The Balaban J connectivity index is 2.55. The van der Waals surface area contributed by atoms with Gasteiger partial charge in [0.2, 0.25) is 6.41 Å². The first-order valence-electron chi connectivity index (χ1n) is 6.74. The Bertz CT molecular complexity index is 627. The Hall–Kier alpha value is -2.38. The molecule has 2 atom stereocenters. The van der Waals surface area contributed by atoms with Crippen LogP contribution in [0.3, 0.4) is 0 Å². The van der Waals surface area contributed by atoms with Crippen molar-refractivity contribution in [3.05, 3.63) is 22.4 Å². The van der Waals surface area contributed by atoms with Gasteiger partial charge in [-0.05, 0) is 13.3 Å². The van der Waals surface area contributed by atoms with E-state index in [1.807, 2.05) is 6.92 Å². The summed E-state index contributed by atoms with van der Waals surface area (Å²) in [6.45, 7) is 4.20. The second kappa shape index (κ2) is 5.55. The lowest BCUT2D eigenvalue weighted by atomic mass is 9.97. The van der Waals surface area contributed by atoms with Crippen LogP contribution in [0, 0.1) is 0 Å². The molecule has 0 unspecified atom stereocenters. The molecular formula is C13H18N4O4. The summed E-state index contributed by atoms with van der Waals surface area (Å²) >= 11 is 0. The van der Waals surface area contributed by atoms with Gasteiger partial charge in [0.05, 0.1) is 11.7 Å². The van der Waals surface area contributed by atoms with E-state index in [1.165, 1.54) is 6.20 Å². The van der Waals surface area contributed by atoms with Crippen LogP contribution < -0.4 is 16.2 Å². The van der Waals surface area contributed by atoms with E-state index in [0.29, 0.717) is 13.0 Å². The molecule has 0 aromatic carbocycles. The second-order valence-electron chi connectivity index (χ2n) is 5.25. The van der Waals surface area contributed by atoms with Crippen molar-refractivity contribution >= 4 is 18.1 Å². The van der Waals surface area contributed by atoms with Crippen molar-refractivity contribution in [3.8, 4) is 0 Å². The summed E-state index contributed by atoms with van der Waals surface area (Å²) in [7, 11) is 0. The number of carbonyl (C=O) groups is 2. The van der Waals surface area contributed by atoms with E-state index < -0.39 is 23.1 Å². The van der Waals surface area contributed by atoms with Crippen LogP contribution in [-0.2, 0) is 15.1 Å². The van der Waals surface area contributed by atoms with Gasteiger partial charge in [0.25, 0.3) is 5.56 Å². The Morgan fingerprint density at radius 1 is 1.67 bits per heavy atom. The molecule has 0 spiro atoms. The van der Waals surface area contributed by atoms with E-state index in [9.17, 15) is 19.5 Å². The van der Waals surface area contributed by atoms with Crippen LogP contribution in [0.25, 0.3) is 0 Å². The highest BCUT2D eigenvalue weighted by molar-refractivity contribution is 5.73. The van der Waals surface area contributed by atoms with Crippen LogP contribution in [-0.4, -0.2) is 33.6 Å². The molecule has 0 radical (unpaired) electrons. The summed E-state index contributed by atoms with van der Waals surface area (Å²) in [5.74, 6) is -0.863. The van der Waals surface area contributed by atoms with Crippen LogP contribution in [0.15, 0.2) is 11.0 Å². The van der Waals surface area contributed by atoms with Crippen molar-refractivity contribution in [2.75, 3.05) is 11.9 Å². The van der Waals surface area contributed by atoms with Crippen LogP contribution in [0.5, 0.6) is 0 Å². The number of nitrogens with zero attached hydrogens (tertiary/aromatic N) is 2. The van der Waals surface area contributed by atoms with Crippen molar-refractivity contribution in [1.82, 2.24) is 14.9 Å². The van der Waals surface area contributed by atoms with Crippen molar-refractivity contribution in [3.63, 3.8) is 0 Å². The normalized spacial score (nSPS) is 23.4. The Kier molecular flexibility index (Phi) is 3.97. The summed E-state index contributed by atoms with van der Waals surface area (Å²) in [6.07, 6.45) is 2.79. The largest absolute Gasteiger partial charge is 0.480 e. The van der Waals surface area contributed by atoms with E-state index in [0.717, 1.165) is 11.0 Å². The van der Waals surface area contributed by atoms with Gasteiger partial charge >= 0.3 is 5.97 Å². The average molecular weight is 294 g/mol. The molecule has 1 aromatic heterocycles. The molecule has 1 aliphatic heterocycles. The number of carboxylic acid groups (broad SMARTS) is 1. The zero-order valence-corrected chi connectivity index (χ0v) is 11.9. The molecule has 8 nitrogen and oxygen atoms in total. The molecular weight excluding hydrogens is 276 g/mol. The van der Waals surface area contributed by atoms with Gasteiger partial charge in [-0.1, -0.05) is 6.92 Å². The van der Waals surface area contributed by atoms with Crippen LogP contribution >= 0.6 is 0 Å². The molecule has 1 aliphatic rings. The number of aliphatic carboxylic acids is 1. The van der Waals surface area contributed by atoms with Gasteiger partial charge in [0.15, 0.2) is 0 Å². The van der Waals surface area contributed by atoms with E-state index >= 15 is 0 Å². The maximum atomic E-state index is 12.5. The molecule has 114 valence electrons. The minimum absolute atomic E-state index is 0.0839. The molecule has 0 aliphatic carbocycles. The maximum absolute atomic E-state index is 12.5. The fourth-order valence-corrected chi connectivity index (χ4v) is 2.57. The third-order valence-electron chi connectivity index (χ3n) is 3.63.